The fourth-order valence-corrected chi connectivity index (χ4v) is 1.78. The summed E-state index contributed by atoms with van der Waals surface area (Å²) in [7, 11) is 0. The number of rotatable bonds is 9. The van der Waals surface area contributed by atoms with E-state index in [1.165, 1.54) is 5.56 Å². The maximum Gasteiger partial charge on any atom is 0.191 e. The highest BCUT2D eigenvalue weighted by molar-refractivity contribution is 5.79. The monoisotopic (exact) mass is 277 g/mol. The Morgan fingerprint density at radius 2 is 1.90 bits per heavy atom. The van der Waals surface area contributed by atoms with E-state index in [0.717, 1.165) is 45.1 Å². The molecule has 112 valence electrons. The first-order valence-electron chi connectivity index (χ1n) is 7.50. The van der Waals surface area contributed by atoms with Crippen molar-refractivity contribution in [3.05, 3.63) is 35.9 Å². The Morgan fingerprint density at radius 3 is 2.60 bits per heavy atom. The van der Waals surface area contributed by atoms with Gasteiger partial charge in [0.25, 0.3) is 0 Å². The summed E-state index contributed by atoms with van der Waals surface area (Å²) in [6.07, 6.45) is 2.18. The molecule has 0 aliphatic rings. The van der Waals surface area contributed by atoms with E-state index in [-0.39, 0.29) is 0 Å². The van der Waals surface area contributed by atoms with Gasteiger partial charge in [0.05, 0.1) is 6.54 Å². The van der Waals surface area contributed by atoms with E-state index in [1.54, 1.807) is 0 Å². The van der Waals surface area contributed by atoms with Gasteiger partial charge in [0.1, 0.15) is 0 Å². The number of guanidine groups is 1. The lowest BCUT2D eigenvalue weighted by Gasteiger charge is -2.11. The average molecular weight is 277 g/mol. The van der Waals surface area contributed by atoms with Crippen LogP contribution in [0.3, 0.4) is 0 Å². The first kappa shape index (κ1) is 16.5. The Balaban J connectivity index is 2.28. The third-order valence-electron chi connectivity index (χ3n) is 2.82. The second kappa shape index (κ2) is 11.3. The highest BCUT2D eigenvalue weighted by Gasteiger charge is 1.97. The predicted octanol–water partition coefficient (Wildman–Crippen LogP) is 2.56. The molecule has 0 aliphatic heterocycles. The zero-order valence-electron chi connectivity index (χ0n) is 12.7. The number of hydrogen-bond donors (Lipinski definition) is 2. The van der Waals surface area contributed by atoms with Gasteiger partial charge in [-0.1, -0.05) is 30.3 Å². The molecule has 4 nitrogen and oxygen atoms in total. The van der Waals surface area contributed by atoms with Gasteiger partial charge in [-0.25, -0.2) is 4.99 Å². The second-order valence-electron chi connectivity index (χ2n) is 4.51. The Hall–Kier alpha value is -1.55. The maximum atomic E-state index is 5.32. The van der Waals surface area contributed by atoms with Gasteiger partial charge in [0.15, 0.2) is 5.96 Å². The van der Waals surface area contributed by atoms with Crippen molar-refractivity contribution in [2.45, 2.75) is 33.2 Å². The summed E-state index contributed by atoms with van der Waals surface area (Å²) < 4.78 is 5.32. The molecule has 1 rings (SSSR count). The summed E-state index contributed by atoms with van der Waals surface area (Å²) in [5, 5.41) is 6.61. The van der Waals surface area contributed by atoms with Crippen LogP contribution in [0.4, 0.5) is 0 Å². The molecule has 0 aliphatic carbocycles. The van der Waals surface area contributed by atoms with Crippen molar-refractivity contribution in [3.8, 4) is 0 Å². The van der Waals surface area contributed by atoms with Gasteiger partial charge >= 0.3 is 0 Å². The average Bonchev–Trinajstić information content (AvgIpc) is 2.49. The first-order valence-corrected chi connectivity index (χ1v) is 7.50. The minimum absolute atomic E-state index is 0.703. The molecule has 0 heterocycles. The Labute approximate surface area is 122 Å². The van der Waals surface area contributed by atoms with Crippen LogP contribution in [-0.4, -0.2) is 32.3 Å². The highest BCUT2D eigenvalue weighted by atomic mass is 16.5. The van der Waals surface area contributed by atoms with Crippen LogP contribution in [0.5, 0.6) is 0 Å². The molecular weight excluding hydrogens is 250 g/mol. The number of nitrogens with zero attached hydrogens (tertiary/aromatic N) is 1. The quantitative estimate of drug-likeness (QED) is 0.414. The number of ether oxygens (including phenoxy) is 1. The standard InChI is InChI=1S/C16H27N3O/c1-3-17-16(18-12-8-9-13-20-4-2)19-14-15-10-6-5-7-11-15/h5-7,10-11H,3-4,8-9,12-14H2,1-2H3,(H2,17,18,19). The van der Waals surface area contributed by atoms with E-state index in [1.807, 2.05) is 25.1 Å². The largest absolute Gasteiger partial charge is 0.382 e. The number of nitrogens with one attached hydrogen (secondary N) is 2. The molecule has 20 heavy (non-hydrogen) atoms. The second-order valence-corrected chi connectivity index (χ2v) is 4.51. The predicted molar refractivity (Wildman–Crippen MR) is 85.0 cm³/mol. The molecule has 0 radical (unpaired) electrons. The topological polar surface area (TPSA) is 45.7 Å². The van der Waals surface area contributed by atoms with E-state index in [0.29, 0.717) is 6.54 Å². The van der Waals surface area contributed by atoms with Crippen LogP contribution >= 0.6 is 0 Å². The molecule has 0 saturated carbocycles. The van der Waals surface area contributed by atoms with Crippen LogP contribution in [0.15, 0.2) is 35.3 Å². The van der Waals surface area contributed by atoms with Crippen LogP contribution in [0, 0.1) is 0 Å². The molecule has 0 bridgehead atoms. The van der Waals surface area contributed by atoms with Crippen LogP contribution in [0.1, 0.15) is 32.3 Å². The highest BCUT2D eigenvalue weighted by Crippen LogP contribution is 1.99. The molecule has 0 fully saturated rings. The summed E-state index contributed by atoms with van der Waals surface area (Å²) in [4.78, 5) is 4.58. The van der Waals surface area contributed by atoms with E-state index in [4.69, 9.17) is 4.74 Å². The number of aliphatic imine (C=N–C) groups is 1. The molecule has 0 aromatic heterocycles. The van der Waals surface area contributed by atoms with Crippen molar-refractivity contribution in [1.29, 1.82) is 0 Å². The lowest BCUT2D eigenvalue weighted by molar-refractivity contribution is 0.143. The summed E-state index contributed by atoms with van der Waals surface area (Å²) >= 11 is 0. The lowest BCUT2D eigenvalue weighted by atomic mass is 10.2. The normalized spacial score (nSPS) is 11.4. The van der Waals surface area contributed by atoms with Gasteiger partial charge in [-0.2, -0.15) is 0 Å². The molecule has 0 unspecified atom stereocenters. The summed E-state index contributed by atoms with van der Waals surface area (Å²) in [5.74, 6) is 0.882. The van der Waals surface area contributed by atoms with Crippen molar-refractivity contribution in [3.63, 3.8) is 0 Å². The van der Waals surface area contributed by atoms with Gasteiger partial charge in [0.2, 0.25) is 0 Å². The van der Waals surface area contributed by atoms with E-state index < -0.39 is 0 Å². The molecular formula is C16H27N3O. The van der Waals surface area contributed by atoms with Gasteiger partial charge in [-0.15, -0.1) is 0 Å². The summed E-state index contributed by atoms with van der Waals surface area (Å²) in [5.41, 5.74) is 1.22. The van der Waals surface area contributed by atoms with Gasteiger partial charge in [-0.3, -0.25) is 0 Å². The fraction of sp³-hybridized carbons (Fsp3) is 0.562. The Kier molecular flexibility index (Phi) is 9.32. The smallest absolute Gasteiger partial charge is 0.191 e. The zero-order chi connectivity index (χ0) is 14.5. The molecule has 0 atom stereocenters. The third-order valence-corrected chi connectivity index (χ3v) is 2.82. The third kappa shape index (κ3) is 7.79. The summed E-state index contributed by atoms with van der Waals surface area (Å²) in [6.45, 7) is 8.25. The Morgan fingerprint density at radius 1 is 1.10 bits per heavy atom. The van der Waals surface area contributed by atoms with E-state index >= 15 is 0 Å². The van der Waals surface area contributed by atoms with E-state index in [2.05, 4.69) is 34.7 Å². The van der Waals surface area contributed by atoms with Crippen LogP contribution in [0.2, 0.25) is 0 Å². The maximum absolute atomic E-state index is 5.32. The molecule has 0 spiro atoms. The van der Waals surface area contributed by atoms with Crippen molar-refractivity contribution >= 4 is 5.96 Å². The first-order chi connectivity index (χ1) is 9.86. The zero-order valence-corrected chi connectivity index (χ0v) is 12.7. The molecule has 1 aromatic carbocycles. The summed E-state index contributed by atoms with van der Waals surface area (Å²) in [6, 6.07) is 10.3. The minimum Gasteiger partial charge on any atom is -0.382 e. The van der Waals surface area contributed by atoms with Gasteiger partial charge in [-0.05, 0) is 32.3 Å². The number of unbranched alkanes of at least 4 members (excludes halogenated alkanes) is 1. The minimum atomic E-state index is 0.703. The Bertz CT molecular complexity index is 365. The molecule has 4 heteroatoms. The fourth-order valence-electron chi connectivity index (χ4n) is 1.78. The van der Waals surface area contributed by atoms with Crippen LogP contribution in [0.25, 0.3) is 0 Å². The molecule has 2 N–H and O–H groups in total. The number of hydrogen-bond acceptors (Lipinski definition) is 2. The van der Waals surface area contributed by atoms with Gasteiger partial charge < -0.3 is 15.4 Å². The van der Waals surface area contributed by atoms with Crippen molar-refractivity contribution in [1.82, 2.24) is 10.6 Å². The van der Waals surface area contributed by atoms with Crippen molar-refractivity contribution in [2.75, 3.05) is 26.3 Å². The molecule has 0 amide bonds. The molecule has 1 aromatic rings. The lowest BCUT2D eigenvalue weighted by Crippen LogP contribution is -2.37. The van der Waals surface area contributed by atoms with Gasteiger partial charge in [0, 0.05) is 26.3 Å². The van der Waals surface area contributed by atoms with Crippen LogP contribution in [-0.2, 0) is 11.3 Å². The number of benzene rings is 1. The van der Waals surface area contributed by atoms with Crippen molar-refractivity contribution in [2.24, 2.45) is 4.99 Å². The SMILES string of the molecule is CCNC(=NCc1ccccc1)NCCCCOCC. The van der Waals surface area contributed by atoms with Crippen molar-refractivity contribution < 1.29 is 4.74 Å². The van der Waals surface area contributed by atoms with E-state index in [9.17, 15) is 0 Å². The van der Waals surface area contributed by atoms with Crippen LogP contribution < -0.4 is 10.6 Å². The molecule has 0 saturated heterocycles.